The minimum atomic E-state index is -1.38. The second-order valence-corrected chi connectivity index (χ2v) is 2.34. The molecule has 0 aromatic rings. The highest BCUT2D eigenvalue weighted by Crippen LogP contribution is 2.17. The number of hydrogen-bond donors (Lipinski definition) is 0. The van der Waals surface area contributed by atoms with Gasteiger partial charge in [0, 0.05) is 13.1 Å². The zero-order chi connectivity index (χ0) is 6.15. The number of hydrogen-bond acceptors (Lipinski definition) is 1. The van der Waals surface area contributed by atoms with Gasteiger partial charge in [0.05, 0.1) is 0 Å². The van der Waals surface area contributed by atoms with Crippen molar-refractivity contribution in [1.29, 1.82) is 0 Å². The van der Waals surface area contributed by atoms with E-state index in [1.165, 1.54) is 0 Å². The number of rotatable bonds is 0. The molecule has 4 heteroatoms. The van der Waals surface area contributed by atoms with Crippen LogP contribution in [0.25, 0.3) is 0 Å². The molecule has 0 saturated carbocycles. The third-order valence-corrected chi connectivity index (χ3v) is 1.41. The average Bonchev–Trinajstić information content (AvgIpc) is 1.85. The first-order valence-electron chi connectivity index (χ1n) is 2.39. The Morgan fingerprint density at radius 3 is 1.75 bits per heavy atom. The van der Waals surface area contributed by atoms with E-state index in [2.05, 4.69) is 0 Å². The maximum Gasteiger partial charge on any atom is 0.146 e. The van der Waals surface area contributed by atoms with Crippen LogP contribution in [0, 0.1) is 0 Å². The fourth-order valence-electron chi connectivity index (χ4n) is 0.682. The molecule has 1 nitrogen and oxygen atoms in total. The second-order valence-electron chi connectivity index (χ2n) is 1.86. The quantitative estimate of drug-likeness (QED) is 0.457. The van der Waals surface area contributed by atoms with Gasteiger partial charge in [0.2, 0.25) is 0 Å². The predicted molar refractivity (Wildman–Crippen MR) is 27.2 cm³/mol. The molecule has 1 heterocycles. The summed E-state index contributed by atoms with van der Waals surface area (Å²) < 4.78 is 25.3. The Labute approximate surface area is 51.3 Å². The minimum Gasteiger partial charge on any atom is -0.243 e. The van der Waals surface area contributed by atoms with E-state index in [9.17, 15) is 8.78 Å². The highest BCUT2D eigenvalue weighted by Gasteiger charge is 2.31. The molecule has 1 aliphatic rings. The number of nitrogens with zero attached hydrogens (tertiary/aromatic N) is 1. The first-order valence-corrected chi connectivity index (χ1v) is 2.73. The van der Waals surface area contributed by atoms with Gasteiger partial charge in [-0.05, 0) is 11.8 Å². The van der Waals surface area contributed by atoms with E-state index < -0.39 is 12.3 Å². The van der Waals surface area contributed by atoms with Crippen LogP contribution < -0.4 is 0 Å². The summed E-state index contributed by atoms with van der Waals surface area (Å²) in [6, 6.07) is 0. The van der Waals surface area contributed by atoms with Crippen molar-refractivity contribution >= 4 is 11.8 Å². The van der Waals surface area contributed by atoms with E-state index in [-0.39, 0.29) is 13.1 Å². The van der Waals surface area contributed by atoms with Gasteiger partial charge in [0.25, 0.3) is 0 Å². The molecule has 2 unspecified atom stereocenters. The summed E-state index contributed by atoms with van der Waals surface area (Å²) in [4.78, 5) is 0. The molecule has 2 atom stereocenters. The molecule has 0 radical (unpaired) electrons. The fraction of sp³-hybridized carbons (Fsp3) is 1.00. The van der Waals surface area contributed by atoms with Crippen molar-refractivity contribution in [1.82, 2.24) is 4.42 Å². The van der Waals surface area contributed by atoms with Gasteiger partial charge in [-0.3, -0.25) is 0 Å². The van der Waals surface area contributed by atoms with Gasteiger partial charge in [-0.2, -0.15) is 0 Å². The summed E-state index contributed by atoms with van der Waals surface area (Å²) in [6.45, 7) is 0.0332. The van der Waals surface area contributed by atoms with Crippen LogP contribution >= 0.6 is 11.8 Å². The van der Waals surface area contributed by atoms with Crippen molar-refractivity contribution in [3.05, 3.63) is 0 Å². The normalized spacial score (nSPS) is 40.9. The van der Waals surface area contributed by atoms with Crippen molar-refractivity contribution in [3.8, 4) is 0 Å². The summed E-state index contributed by atoms with van der Waals surface area (Å²) in [5.41, 5.74) is 0. The molecule has 1 fully saturated rings. The van der Waals surface area contributed by atoms with Crippen molar-refractivity contribution in [3.63, 3.8) is 0 Å². The van der Waals surface area contributed by atoms with Gasteiger partial charge in [0.1, 0.15) is 12.3 Å². The Bertz CT molecular complexity index is 80.1. The van der Waals surface area contributed by atoms with Crippen LogP contribution in [0.4, 0.5) is 8.78 Å². The monoisotopic (exact) mass is 141 g/mol. The number of halogens is 3. The standard InChI is InChI=1S/C4H6ClF2N/c5-8-1-3(6)4(7)2-8/h3-4H,1-2H2. The molecule has 0 N–H and O–H groups in total. The van der Waals surface area contributed by atoms with E-state index in [0.29, 0.717) is 0 Å². The zero-order valence-electron chi connectivity index (χ0n) is 4.15. The fourth-order valence-corrected chi connectivity index (χ4v) is 0.945. The molecule has 0 spiro atoms. The summed E-state index contributed by atoms with van der Waals surface area (Å²) in [6.07, 6.45) is -2.76. The Hall–Kier alpha value is 0.110. The third kappa shape index (κ3) is 1.09. The van der Waals surface area contributed by atoms with Gasteiger partial charge < -0.3 is 0 Å². The summed E-state index contributed by atoms with van der Waals surface area (Å²) in [5.74, 6) is 0. The topological polar surface area (TPSA) is 3.24 Å². The van der Waals surface area contributed by atoms with Gasteiger partial charge in [0.15, 0.2) is 0 Å². The van der Waals surface area contributed by atoms with Crippen LogP contribution in [0.1, 0.15) is 0 Å². The predicted octanol–water partition coefficient (Wildman–Crippen LogP) is 1.13. The van der Waals surface area contributed by atoms with Gasteiger partial charge >= 0.3 is 0 Å². The minimum absolute atomic E-state index is 0.0166. The molecule has 1 saturated heterocycles. The highest BCUT2D eigenvalue weighted by molar-refractivity contribution is 6.13. The molecule has 1 rings (SSSR count). The van der Waals surface area contributed by atoms with E-state index >= 15 is 0 Å². The Balaban J connectivity index is 2.39. The lowest BCUT2D eigenvalue weighted by atomic mass is 10.3. The first-order chi connectivity index (χ1) is 3.70. The van der Waals surface area contributed by atoms with Crippen molar-refractivity contribution in [2.24, 2.45) is 0 Å². The molecule has 0 amide bonds. The molecule has 48 valence electrons. The summed E-state index contributed by atoms with van der Waals surface area (Å²) in [7, 11) is 0. The van der Waals surface area contributed by atoms with E-state index in [4.69, 9.17) is 11.8 Å². The SMILES string of the molecule is FC1CN(Cl)CC1F. The van der Waals surface area contributed by atoms with Crippen LogP contribution in [-0.2, 0) is 0 Å². The Morgan fingerprint density at radius 1 is 1.25 bits per heavy atom. The third-order valence-electron chi connectivity index (χ3n) is 1.14. The maximum atomic E-state index is 12.1. The lowest BCUT2D eigenvalue weighted by Gasteiger charge is -1.96. The van der Waals surface area contributed by atoms with E-state index in [1.807, 2.05) is 0 Å². The van der Waals surface area contributed by atoms with Crippen LogP contribution in [-0.4, -0.2) is 29.9 Å². The van der Waals surface area contributed by atoms with Crippen molar-refractivity contribution < 1.29 is 8.78 Å². The molecule has 1 aliphatic heterocycles. The van der Waals surface area contributed by atoms with Crippen LogP contribution in [0.3, 0.4) is 0 Å². The smallest absolute Gasteiger partial charge is 0.146 e. The van der Waals surface area contributed by atoms with E-state index in [0.717, 1.165) is 4.42 Å². The Morgan fingerprint density at radius 2 is 1.62 bits per heavy atom. The molecule has 8 heavy (non-hydrogen) atoms. The van der Waals surface area contributed by atoms with Gasteiger partial charge in [-0.15, -0.1) is 0 Å². The van der Waals surface area contributed by atoms with Gasteiger partial charge in [-0.1, -0.05) is 0 Å². The molecule has 0 aliphatic carbocycles. The molecular formula is C4H6ClF2N. The molecule has 0 aromatic heterocycles. The second kappa shape index (κ2) is 2.15. The first kappa shape index (κ1) is 6.23. The largest absolute Gasteiger partial charge is 0.243 e. The van der Waals surface area contributed by atoms with E-state index in [1.54, 1.807) is 0 Å². The van der Waals surface area contributed by atoms with Crippen LogP contribution in [0.5, 0.6) is 0 Å². The molecule has 0 bridgehead atoms. The average molecular weight is 142 g/mol. The molecule has 0 aromatic carbocycles. The maximum absolute atomic E-state index is 12.1. The Kier molecular flexibility index (Phi) is 1.68. The lowest BCUT2D eigenvalue weighted by Crippen LogP contribution is -2.12. The summed E-state index contributed by atoms with van der Waals surface area (Å²) in [5, 5.41) is 0. The van der Waals surface area contributed by atoms with Crippen molar-refractivity contribution in [2.75, 3.05) is 13.1 Å². The van der Waals surface area contributed by atoms with Crippen LogP contribution in [0.15, 0.2) is 0 Å². The van der Waals surface area contributed by atoms with Crippen LogP contribution in [0.2, 0.25) is 0 Å². The zero-order valence-corrected chi connectivity index (χ0v) is 4.91. The molecular weight excluding hydrogens is 135 g/mol. The number of alkyl halides is 2. The van der Waals surface area contributed by atoms with Gasteiger partial charge in [-0.25, -0.2) is 13.2 Å². The lowest BCUT2D eigenvalue weighted by molar-refractivity contribution is 0.217. The summed E-state index contributed by atoms with van der Waals surface area (Å²) >= 11 is 5.26. The highest BCUT2D eigenvalue weighted by atomic mass is 35.5. The van der Waals surface area contributed by atoms with Crippen molar-refractivity contribution in [2.45, 2.75) is 12.3 Å².